The van der Waals surface area contributed by atoms with Gasteiger partial charge in [-0.15, -0.1) is 0 Å². The molecule has 0 spiro atoms. The number of aryl methyl sites for hydroxylation is 1. The van der Waals surface area contributed by atoms with Gasteiger partial charge in [-0.2, -0.15) is 0 Å². The van der Waals surface area contributed by atoms with Crippen LogP contribution < -0.4 is 4.90 Å². The molecule has 1 aromatic carbocycles. The van der Waals surface area contributed by atoms with Crippen molar-refractivity contribution in [3.8, 4) is 0 Å². The Balaban J connectivity index is 2.77. The van der Waals surface area contributed by atoms with E-state index in [9.17, 15) is 0 Å². The lowest BCUT2D eigenvalue weighted by atomic mass is 10.1. The minimum Gasteiger partial charge on any atom is -0.372 e. The van der Waals surface area contributed by atoms with Gasteiger partial charge in [0.05, 0.1) is 0 Å². The summed E-state index contributed by atoms with van der Waals surface area (Å²) in [5, 5.41) is 0. The van der Waals surface area contributed by atoms with Crippen molar-refractivity contribution in [1.29, 1.82) is 0 Å². The lowest BCUT2D eigenvalue weighted by Gasteiger charge is -2.25. The molecule has 0 aliphatic rings. The van der Waals surface area contributed by atoms with E-state index in [-0.39, 0.29) is 0 Å². The van der Waals surface area contributed by atoms with Crippen LogP contribution in [0, 0.1) is 0 Å². The first-order valence-electron chi connectivity index (χ1n) is 7.16. The van der Waals surface area contributed by atoms with E-state index < -0.39 is 0 Å². The minimum absolute atomic E-state index is 1.11. The molecule has 0 bridgehead atoms. The van der Waals surface area contributed by atoms with Crippen molar-refractivity contribution in [2.45, 2.75) is 52.9 Å². The van der Waals surface area contributed by atoms with Gasteiger partial charge in [-0.05, 0) is 37.8 Å². The molecule has 0 radical (unpaired) electrons. The Morgan fingerprint density at radius 1 is 0.941 bits per heavy atom. The third kappa shape index (κ3) is 4.41. The molecule has 0 N–H and O–H groups in total. The molecule has 0 fully saturated rings. The molecule has 0 saturated carbocycles. The minimum atomic E-state index is 1.11. The quantitative estimate of drug-likeness (QED) is 0.631. The van der Waals surface area contributed by atoms with E-state index in [0.717, 1.165) is 6.54 Å². The summed E-state index contributed by atoms with van der Waals surface area (Å²) in [5.74, 6) is 0. The van der Waals surface area contributed by atoms with Gasteiger partial charge in [0.25, 0.3) is 0 Å². The Morgan fingerprint density at radius 2 is 1.65 bits per heavy atom. The van der Waals surface area contributed by atoms with E-state index in [1.54, 1.807) is 0 Å². The summed E-state index contributed by atoms with van der Waals surface area (Å²) in [6, 6.07) is 8.91. The Morgan fingerprint density at radius 3 is 2.29 bits per heavy atom. The van der Waals surface area contributed by atoms with Crippen LogP contribution >= 0.6 is 0 Å². The van der Waals surface area contributed by atoms with Gasteiger partial charge in [-0.25, -0.2) is 0 Å². The van der Waals surface area contributed by atoms with Crippen molar-refractivity contribution in [2.75, 3.05) is 18.0 Å². The SMILES string of the molecule is CCCCc1ccccc1N(CC)CCCC. The molecule has 17 heavy (non-hydrogen) atoms. The second-order valence-electron chi connectivity index (χ2n) is 4.67. The summed E-state index contributed by atoms with van der Waals surface area (Å²) < 4.78 is 0. The molecule has 0 unspecified atom stereocenters. The average molecular weight is 233 g/mol. The molecule has 0 aliphatic carbocycles. The number of rotatable bonds is 8. The van der Waals surface area contributed by atoms with E-state index in [2.05, 4.69) is 49.9 Å². The molecule has 0 atom stereocenters. The predicted octanol–water partition coefficient (Wildman–Crippen LogP) is 4.66. The highest BCUT2D eigenvalue weighted by Gasteiger charge is 2.08. The van der Waals surface area contributed by atoms with Crippen molar-refractivity contribution in [3.63, 3.8) is 0 Å². The predicted molar refractivity (Wildman–Crippen MR) is 77.8 cm³/mol. The molecule has 1 heteroatoms. The first kappa shape index (κ1) is 14.1. The monoisotopic (exact) mass is 233 g/mol. The Bertz CT molecular complexity index is 306. The highest BCUT2D eigenvalue weighted by atomic mass is 15.1. The lowest BCUT2D eigenvalue weighted by molar-refractivity contribution is 0.723. The Labute approximate surface area is 107 Å². The number of anilines is 1. The highest BCUT2D eigenvalue weighted by molar-refractivity contribution is 5.53. The van der Waals surface area contributed by atoms with E-state index in [0.29, 0.717) is 0 Å². The van der Waals surface area contributed by atoms with Gasteiger partial charge in [-0.3, -0.25) is 0 Å². The van der Waals surface area contributed by atoms with E-state index in [4.69, 9.17) is 0 Å². The maximum Gasteiger partial charge on any atom is 0.0398 e. The molecule has 0 amide bonds. The van der Waals surface area contributed by atoms with Crippen LogP contribution in [-0.2, 0) is 6.42 Å². The molecular formula is C16H27N. The fourth-order valence-corrected chi connectivity index (χ4v) is 2.20. The number of para-hydroxylation sites is 1. The average Bonchev–Trinajstić information content (AvgIpc) is 2.38. The molecule has 1 nitrogen and oxygen atoms in total. The third-order valence-electron chi connectivity index (χ3n) is 3.30. The van der Waals surface area contributed by atoms with Crippen LogP contribution in [0.25, 0.3) is 0 Å². The zero-order valence-electron chi connectivity index (χ0n) is 11.7. The van der Waals surface area contributed by atoms with Gasteiger partial charge >= 0.3 is 0 Å². The van der Waals surface area contributed by atoms with E-state index >= 15 is 0 Å². The van der Waals surface area contributed by atoms with Crippen molar-refractivity contribution in [3.05, 3.63) is 29.8 Å². The standard InChI is InChI=1S/C16H27N/c1-4-7-11-15-12-9-10-13-16(15)17(6-3)14-8-5-2/h9-10,12-13H,4-8,11,14H2,1-3H3. The van der Waals surface area contributed by atoms with Crippen LogP contribution in [-0.4, -0.2) is 13.1 Å². The molecule has 0 saturated heterocycles. The maximum absolute atomic E-state index is 2.52. The molecular weight excluding hydrogens is 206 g/mol. The van der Waals surface area contributed by atoms with Crippen molar-refractivity contribution in [1.82, 2.24) is 0 Å². The van der Waals surface area contributed by atoms with Crippen molar-refractivity contribution in [2.24, 2.45) is 0 Å². The number of hydrogen-bond donors (Lipinski definition) is 0. The van der Waals surface area contributed by atoms with Crippen LogP contribution in [0.1, 0.15) is 52.0 Å². The normalized spacial score (nSPS) is 10.5. The van der Waals surface area contributed by atoms with Gasteiger partial charge in [0.2, 0.25) is 0 Å². The highest BCUT2D eigenvalue weighted by Crippen LogP contribution is 2.22. The smallest absolute Gasteiger partial charge is 0.0398 e. The van der Waals surface area contributed by atoms with Crippen LogP contribution in [0.15, 0.2) is 24.3 Å². The molecule has 0 aromatic heterocycles. The molecule has 96 valence electrons. The van der Waals surface area contributed by atoms with E-state index in [1.807, 2.05) is 0 Å². The summed E-state index contributed by atoms with van der Waals surface area (Å²) in [5.41, 5.74) is 2.98. The van der Waals surface area contributed by atoms with Gasteiger partial charge in [0.1, 0.15) is 0 Å². The Hall–Kier alpha value is -0.980. The van der Waals surface area contributed by atoms with Crippen LogP contribution in [0.4, 0.5) is 5.69 Å². The fourth-order valence-electron chi connectivity index (χ4n) is 2.20. The van der Waals surface area contributed by atoms with E-state index in [1.165, 1.54) is 49.9 Å². The van der Waals surface area contributed by atoms with Gasteiger partial charge in [0, 0.05) is 18.8 Å². The van der Waals surface area contributed by atoms with Crippen LogP contribution in [0.2, 0.25) is 0 Å². The zero-order chi connectivity index (χ0) is 12.5. The number of benzene rings is 1. The summed E-state index contributed by atoms with van der Waals surface area (Å²) in [4.78, 5) is 2.52. The molecule has 0 aliphatic heterocycles. The summed E-state index contributed by atoms with van der Waals surface area (Å²) in [6.45, 7) is 9.08. The number of nitrogens with zero attached hydrogens (tertiary/aromatic N) is 1. The largest absolute Gasteiger partial charge is 0.372 e. The molecule has 1 rings (SSSR count). The van der Waals surface area contributed by atoms with Gasteiger partial charge in [-0.1, -0.05) is 44.9 Å². The van der Waals surface area contributed by atoms with Gasteiger partial charge < -0.3 is 4.90 Å². The first-order valence-corrected chi connectivity index (χ1v) is 7.16. The van der Waals surface area contributed by atoms with Crippen LogP contribution in [0.3, 0.4) is 0 Å². The maximum atomic E-state index is 2.52. The second-order valence-corrected chi connectivity index (χ2v) is 4.67. The zero-order valence-corrected chi connectivity index (χ0v) is 11.7. The third-order valence-corrected chi connectivity index (χ3v) is 3.30. The van der Waals surface area contributed by atoms with Crippen LogP contribution in [0.5, 0.6) is 0 Å². The molecule has 1 aromatic rings. The lowest BCUT2D eigenvalue weighted by Crippen LogP contribution is -2.24. The summed E-state index contributed by atoms with van der Waals surface area (Å²) in [6.07, 6.45) is 6.34. The topological polar surface area (TPSA) is 3.24 Å². The summed E-state index contributed by atoms with van der Waals surface area (Å²) in [7, 11) is 0. The number of hydrogen-bond acceptors (Lipinski definition) is 1. The second kappa shape index (κ2) is 8.16. The number of unbranched alkanes of at least 4 members (excludes halogenated alkanes) is 2. The first-order chi connectivity index (χ1) is 8.33. The summed E-state index contributed by atoms with van der Waals surface area (Å²) >= 11 is 0. The molecule has 0 heterocycles. The fraction of sp³-hybridized carbons (Fsp3) is 0.625. The van der Waals surface area contributed by atoms with Crippen molar-refractivity contribution >= 4 is 5.69 Å². The van der Waals surface area contributed by atoms with Crippen molar-refractivity contribution < 1.29 is 0 Å². The Kier molecular flexibility index (Phi) is 6.76. The van der Waals surface area contributed by atoms with Gasteiger partial charge in [0.15, 0.2) is 0 Å².